The van der Waals surface area contributed by atoms with Crippen LogP contribution in [0.15, 0.2) is 17.8 Å². The highest BCUT2D eigenvalue weighted by molar-refractivity contribution is 5.76. The fourth-order valence-electron chi connectivity index (χ4n) is 1.16. The third kappa shape index (κ3) is 3.08. The SMILES string of the molecule is C=COC1=NCCN1CCOC(C)=O. The van der Waals surface area contributed by atoms with Gasteiger partial charge in [0.15, 0.2) is 0 Å². The van der Waals surface area contributed by atoms with Crippen molar-refractivity contribution in [2.75, 3.05) is 26.2 Å². The number of rotatable bonds is 4. The number of nitrogens with zero attached hydrogens (tertiary/aromatic N) is 2. The fourth-order valence-corrected chi connectivity index (χ4v) is 1.16. The van der Waals surface area contributed by atoms with Crippen molar-refractivity contribution in [3.05, 3.63) is 12.8 Å². The molecule has 0 aromatic carbocycles. The van der Waals surface area contributed by atoms with Gasteiger partial charge in [-0.25, -0.2) is 4.99 Å². The summed E-state index contributed by atoms with van der Waals surface area (Å²) in [7, 11) is 0. The molecule has 0 spiro atoms. The first-order valence-electron chi connectivity index (χ1n) is 4.44. The van der Waals surface area contributed by atoms with Crippen molar-refractivity contribution in [3.63, 3.8) is 0 Å². The molecule has 1 aliphatic rings. The first-order valence-corrected chi connectivity index (χ1v) is 4.44. The highest BCUT2D eigenvalue weighted by atomic mass is 16.5. The van der Waals surface area contributed by atoms with Gasteiger partial charge in [-0.2, -0.15) is 0 Å². The van der Waals surface area contributed by atoms with E-state index in [-0.39, 0.29) is 5.97 Å². The third-order valence-corrected chi connectivity index (χ3v) is 1.74. The lowest BCUT2D eigenvalue weighted by molar-refractivity contribution is -0.141. The second kappa shape index (κ2) is 5.26. The van der Waals surface area contributed by atoms with Crippen LogP contribution in [0.2, 0.25) is 0 Å². The molecule has 0 aromatic heterocycles. The molecule has 0 radical (unpaired) electrons. The minimum absolute atomic E-state index is 0.271. The Morgan fingerprint density at radius 3 is 3.21 bits per heavy atom. The Balaban J connectivity index is 2.27. The summed E-state index contributed by atoms with van der Waals surface area (Å²) in [5.74, 6) is -0.271. The molecule has 0 unspecified atom stereocenters. The van der Waals surface area contributed by atoms with E-state index >= 15 is 0 Å². The molecule has 1 aliphatic heterocycles. The molecule has 5 nitrogen and oxygen atoms in total. The Labute approximate surface area is 83.0 Å². The van der Waals surface area contributed by atoms with E-state index in [1.807, 2.05) is 4.90 Å². The molecule has 0 N–H and O–H groups in total. The highest BCUT2D eigenvalue weighted by Crippen LogP contribution is 2.02. The Bertz CT molecular complexity index is 250. The number of amidine groups is 1. The van der Waals surface area contributed by atoms with Crippen LogP contribution in [0.1, 0.15) is 6.92 Å². The van der Waals surface area contributed by atoms with Gasteiger partial charge in [0.25, 0.3) is 6.02 Å². The molecular formula is C9H14N2O3. The van der Waals surface area contributed by atoms with Gasteiger partial charge in [0.05, 0.1) is 19.4 Å². The molecular weight excluding hydrogens is 184 g/mol. The second-order valence-electron chi connectivity index (χ2n) is 2.78. The van der Waals surface area contributed by atoms with Crippen LogP contribution in [0.4, 0.5) is 0 Å². The van der Waals surface area contributed by atoms with Gasteiger partial charge in [0, 0.05) is 13.5 Å². The minimum Gasteiger partial charge on any atom is -0.464 e. The van der Waals surface area contributed by atoms with E-state index in [9.17, 15) is 4.79 Å². The number of hydrogen-bond acceptors (Lipinski definition) is 5. The third-order valence-electron chi connectivity index (χ3n) is 1.74. The van der Waals surface area contributed by atoms with Gasteiger partial charge in [-0.1, -0.05) is 6.58 Å². The van der Waals surface area contributed by atoms with E-state index < -0.39 is 0 Å². The van der Waals surface area contributed by atoms with Crippen LogP contribution in [0, 0.1) is 0 Å². The normalized spacial score (nSPS) is 14.9. The van der Waals surface area contributed by atoms with E-state index in [0.29, 0.717) is 25.7 Å². The van der Waals surface area contributed by atoms with Crippen LogP contribution in [0.5, 0.6) is 0 Å². The molecule has 0 atom stereocenters. The lowest BCUT2D eigenvalue weighted by Gasteiger charge is -2.17. The van der Waals surface area contributed by atoms with Crippen molar-refractivity contribution in [2.24, 2.45) is 4.99 Å². The van der Waals surface area contributed by atoms with E-state index in [0.717, 1.165) is 6.54 Å². The molecule has 0 saturated heterocycles. The maximum Gasteiger partial charge on any atom is 0.302 e. The first-order chi connectivity index (χ1) is 6.74. The average Bonchev–Trinajstić information content (AvgIpc) is 2.53. The Morgan fingerprint density at radius 1 is 1.79 bits per heavy atom. The predicted octanol–water partition coefficient (Wildman–Crippen LogP) is 0.381. The summed E-state index contributed by atoms with van der Waals surface area (Å²) in [6.07, 6.45) is 1.34. The van der Waals surface area contributed by atoms with E-state index in [4.69, 9.17) is 9.47 Å². The van der Waals surface area contributed by atoms with Gasteiger partial charge in [-0.15, -0.1) is 0 Å². The molecule has 5 heteroatoms. The molecule has 78 valence electrons. The van der Waals surface area contributed by atoms with Crippen molar-refractivity contribution < 1.29 is 14.3 Å². The standard InChI is InChI=1S/C9H14N2O3/c1-3-13-9-10-4-5-11(9)6-7-14-8(2)12/h3H,1,4-7H2,2H3. The minimum atomic E-state index is -0.271. The zero-order valence-corrected chi connectivity index (χ0v) is 8.23. The second-order valence-corrected chi connectivity index (χ2v) is 2.78. The molecule has 0 fully saturated rings. The number of ether oxygens (including phenoxy) is 2. The largest absolute Gasteiger partial charge is 0.464 e. The van der Waals surface area contributed by atoms with Gasteiger partial charge in [0.1, 0.15) is 6.61 Å². The van der Waals surface area contributed by atoms with Gasteiger partial charge in [0.2, 0.25) is 0 Å². The van der Waals surface area contributed by atoms with Crippen molar-refractivity contribution in [2.45, 2.75) is 6.92 Å². The zero-order valence-electron chi connectivity index (χ0n) is 8.23. The molecule has 14 heavy (non-hydrogen) atoms. The quantitative estimate of drug-likeness (QED) is 0.484. The average molecular weight is 198 g/mol. The fraction of sp³-hybridized carbons (Fsp3) is 0.556. The van der Waals surface area contributed by atoms with Crippen molar-refractivity contribution in [1.82, 2.24) is 4.90 Å². The molecule has 0 aliphatic carbocycles. The molecule has 0 bridgehead atoms. The topological polar surface area (TPSA) is 51.1 Å². The maximum absolute atomic E-state index is 10.5. The summed E-state index contributed by atoms with van der Waals surface area (Å²) < 4.78 is 9.89. The van der Waals surface area contributed by atoms with Crippen LogP contribution in [0.25, 0.3) is 0 Å². The first kappa shape index (κ1) is 10.6. The zero-order chi connectivity index (χ0) is 10.4. The summed E-state index contributed by atoms with van der Waals surface area (Å²) in [5, 5.41) is 0. The van der Waals surface area contributed by atoms with Gasteiger partial charge < -0.3 is 14.4 Å². The van der Waals surface area contributed by atoms with Crippen molar-refractivity contribution in [3.8, 4) is 0 Å². The Hall–Kier alpha value is -1.52. The molecule has 1 heterocycles. The summed E-state index contributed by atoms with van der Waals surface area (Å²) in [5.41, 5.74) is 0. The van der Waals surface area contributed by atoms with Crippen LogP contribution >= 0.6 is 0 Å². The predicted molar refractivity (Wildman–Crippen MR) is 51.8 cm³/mol. The van der Waals surface area contributed by atoms with Crippen LogP contribution < -0.4 is 0 Å². The lowest BCUT2D eigenvalue weighted by Crippen LogP contribution is -2.32. The van der Waals surface area contributed by atoms with Gasteiger partial charge in [-0.05, 0) is 0 Å². The highest BCUT2D eigenvalue weighted by Gasteiger charge is 2.17. The number of aliphatic imine (C=N–C) groups is 1. The maximum atomic E-state index is 10.5. The molecule has 0 amide bonds. The van der Waals surface area contributed by atoms with E-state index in [1.165, 1.54) is 13.2 Å². The lowest BCUT2D eigenvalue weighted by atomic mass is 10.5. The number of hydrogen-bond donors (Lipinski definition) is 0. The van der Waals surface area contributed by atoms with Crippen molar-refractivity contribution in [1.29, 1.82) is 0 Å². The van der Waals surface area contributed by atoms with Crippen molar-refractivity contribution >= 4 is 12.0 Å². The van der Waals surface area contributed by atoms with Crippen LogP contribution in [0.3, 0.4) is 0 Å². The van der Waals surface area contributed by atoms with Crippen LogP contribution in [-0.4, -0.2) is 43.1 Å². The summed E-state index contributed by atoms with van der Waals surface area (Å²) in [4.78, 5) is 16.5. The molecule has 1 rings (SSSR count). The summed E-state index contributed by atoms with van der Waals surface area (Å²) in [6, 6.07) is 0.548. The van der Waals surface area contributed by atoms with Gasteiger partial charge in [-0.3, -0.25) is 4.79 Å². The van der Waals surface area contributed by atoms with E-state index in [2.05, 4.69) is 11.6 Å². The monoisotopic (exact) mass is 198 g/mol. The molecule has 0 aromatic rings. The number of carbonyl (C=O) groups is 1. The Morgan fingerprint density at radius 2 is 2.57 bits per heavy atom. The van der Waals surface area contributed by atoms with Gasteiger partial charge >= 0.3 is 5.97 Å². The number of esters is 1. The van der Waals surface area contributed by atoms with E-state index in [1.54, 1.807) is 0 Å². The summed E-state index contributed by atoms with van der Waals surface area (Å²) >= 11 is 0. The van der Waals surface area contributed by atoms with Crippen LogP contribution in [-0.2, 0) is 14.3 Å². The summed E-state index contributed by atoms with van der Waals surface area (Å²) in [6.45, 7) is 7.31. The molecule has 0 saturated carbocycles. The number of carbonyl (C=O) groups excluding carboxylic acids is 1. The Kier molecular flexibility index (Phi) is 3.97. The smallest absolute Gasteiger partial charge is 0.302 e.